The molecule has 0 heterocycles. The average molecular weight is 278 g/mol. The van der Waals surface area contributed by atoms with Crippen molar-refractivity contribution >= 4 is 11.6 Å². The molecule has 100 valence electrons. The summed E-state index contributed by atoms with van der Waals surface area (Å²) in [5, 5.41) is 3.88. The van der Waals surface area contributed by atoms with Crippen molar-refractivity contribution in [2.24, 2.45) is 0 Å². The third kappa shape index (κ3) is 3.79. The van der Waals surface area contributed by atoms with Crippen molar-refractivity contribution in [3.8, 4) is 11.1 Å². The fraction of sp³-hybridized carbons (Fsp3) is 0.250. The maximum atomic E-state index is 14.1. The molecule has 0 aliphatic heterocycles. The first-order chi connectivity index (χ1) is 9.06. The van der Waals surface area contributed by atoms with E-state index in [2.05, 4.69) is 19.2 Å². The van der Waals surface area contributed by atoms with Crippen LogP contribution in [0.1, 0.15) is 19.4 Å². The van der Waals surface area contributed by atoms with Crippen LogP contribution < -0.4 is 5.32 Å². The Hall–Kier alpha value is -1.38. The predicted molar refractivity (Wildman–Crippen MR) is 78.8 cm³/mol. The molecule has 1 nitrogen and oxygen atoms in total. The van der Waals surface area contributed by atoms with E-state index < -0.39 is 0 Å². The highest BCUT2D eigenvalue weighted by molar-refractivity contribution is 6.30. The van der Waals surface area contributed by atoms with Crippen LogP contribution in [-0.4, -0.2) is 6.04 Å². The fourth-order valence-electron chi connectivity index (χ4n) is 1.88. The molecule has 0 unspecified atom stereocenters. The van der Waals surface area contributed by atoms with Crippen LogP contribution in [0.4, 0.5) is 4.39 Å². The molecule has 0 saturated heterocycles. The molecule has 0 atom stereocenters. The molecule has 0 saturated carbocycles. The molecule has 0 aliphatic carbocycles. The van der Waals surface area contributed by atoms with Gasteiger partial charge in [-0.05, 0) is 29.3 Å². The Bertz CT molecular complexity index is 566. The molecule has 0 amide bonds. The maximum absolute atomic E-state index is 14.1. The Morgan fingerprint density at radius 3 is 2.58 bits per heavy atom. The zero-order chi connectivity index (χ0) is 13.8. The SMILES string of the molecule is CC(C)NCc1ccc(-c2cccc(Cl)c2)c(F)c1. The van der Waals surface area contributed by atoms with Gasteiger partial charge in [0.2, 0.25) is 0 Å². The smallest absolute Gasteiger partial charge is 0.131 e. The number of nitrogens with one attached hydrogen (secondary N) is 1. The minimum absolute atomic E-state index is 0.217. The number of rotatable bonds is 4. The number of benzene rings is 2. The van der Waals surface area contributed by atoms with E-state index in [-0.39, 0.29) is 5.82 Å². The summed E-state index contributed by atoms with van der Waals surface area (Å²) in [6, 6.07) is 12.9. The van der Waals surface area contributed by atoms with Crippen LogP contribution in [-0.2, 0) is 6.54 Å². The van der Waals surface area contributed by atoms with Gasteiger partial charge in [0.1, 0.15) is 5.82 Å². The van der Waals surface area contributed by atoms with E-state index in [1.807, 2.05) is 18.2 Å². The Kier molecular flexibility index (Phi) is 4.56. The van der Waals surface area contributed by atoms with Gasteiger partial charge in [0.15, 0.2) is 0 Å². The normalized spacial score (nSPS) is 11.0. The molecule has 0 fully saturated rings. The first kappa shape index (κ1) is 14.0. The molecular weight excluding hydrogens is 261 g/mol. The third-order valence-electron chi connectivity index (χ3n) is 2.88. The molecule has 2 aromatic rings. The lowest BCUT2D eigenvalue weighted by Crippen LogP contribution is -2.21. The van der Waals surface area contributed by atoms with Crippen molar-refractivity contribution in [3.63, 3.8) is 0 Å². The zero-order valence-corrected chi connectivity index (χ0v) is 11.8. The minimum atomic E-state index is -0.217. The van der Waals surface area contributed by atoms with E-state index in [1.165, 1.54) is 0 Å². The van der Waals surface area contributed by atoms with E-state index in [0.29, 0.717) is 23.2 Å². The summed E-state index contributed by atoms with van der Waals surface area (Å²) >= 11 is 5.93. The molecule has 0 bridgehead atoms. The van der Waals surface area contributed by atoms with E-state index in [1.54, 1.807) is 24.3 Å². The standard InChI is InChI=1S/C16H17ClFN/c1-11(2)19-10-12-6-7-15(16(18)8-12)13-4-3-5-14(17)9-13/h3-9,11,19H,10H2,1-2H3. The van der Waals surface area contributed by atoms with Gasteiger partial charge < -0.3 is 5.32 Å². The van der Waals surface area contributed by atoms with E-state index in [9.17, 15) is 4.39 Å². The van der Waals surface area contributed by atoms with E-state index >= 15 is 0 Å². The lowest BCUT2D eigenvalue weighted by atomic mass is 10.0. The number of halogens is 2. The second-order valence-electron chi connectivity index (χ2n) is 4.86. The first-order valence-corrected chi connectivity index (χ1v) is 6.72. The molecule has 0 radical (unpaired) electrons. The van der Waals surface area contributed by atoms with Gasteiger partial charge in [0, 0.05) is 23.2 Å². The Labute approximate surface area is 118 Å². The van der Waals surface area contributed by atoms with Crippen LogP contribution in [0.3, 0.4) is 0 Å². The van der Waals surface area contributed by atoms with Crippen molar-refractivity contribution in [1.82, 2.24) is 5.32 Å². The largest absolute Gasteiger partial charge is 0.310 e. The monoisotopic (exact) mass is 277 g/mol. The fourth-order valence-corrected chi connectivity index (χ4v) is 2.07. The topological polar surface area (TPSA) is 12.0 Å². The quantitative estimate of drug-likeness (QED) is 0.858. The summed E-state index contributed by atoms with van der Waals surface area (Å²) in [7, 11) is 0. The summed E-state index contributed by atoms with van der Waals surface area (Å²) in [5.74, 6) is -0.217. The van der Waals surface area contributed by atoms with Crippen molar-refractivity contribution in [1.29, 1.82) is 0 Å². The van der Waals surface area contributed by atoms with Gasteiger partial charge in [-0.1, -0.05) is 49.7 Å². The molecule has 2 rings (SSSR count). The molecule has 2 aromatic carbocycles. The summed E-state index contributed by atoms with van der Waals surface area (Å²) in [4.78, 5) is 0. The molecule has 3 heteroatoms. The van der Waals surface area contributed by atoms with E-state index in [4.69, 9.17) is 11.6 Å². The van der Waals surface area contributed by atoms with Gasteiger partial charge in [0.05, 0.1) is 0 Å². The first-order valence-electron chi connectivity index (χ1n) is 6.34. The van der Waals surface area contributed by atoms with Gasteiger partial charge >= 0.3 is 0 Å². The Morgan fingerprint density at radius 1 is 1.16 bits per heavy atom. The molecule has 1 N–H and O–H groups in total. The summed E-state index contributed by atoms with van der Waals surface area (Å²) < 4.78 is 14.1. The Morgan fingerprint density at radius 2 is 1.95 bits per heavy atom. The molecular formula is C16H17ClFN. The third-order valence-corrected chi connectivity index (χ3v) is 3.12. The predicted octanol–water partition coefficient (Wildman–Crippen LogP) is 4.64. The van der Waals surface area contributed by atoms with Gasteiger partial charge in [0.25, 0.3) is 0 Å². The maximum Gasteiger partial charge on any atom is 0.131 e. The highest BCUT2D eigenvalue weighted by atomic mass is 35.5. The average Bonchev–Trinajstić information content (AvgIpc) is 2.36. The van der Waals surface area contributed by atoms with Crippen LogP contribution in [0.5, 0.6) is 0 Å². The lowest BCUT2D eigenvalue weighted by molar-refractivity contribution is 0.582. The zero-order valence-electron chi connectivity index (χ0n) is 11.1. The lowest BCUT2D eigenvalue weighted by Gasteiger charge is -2.10. The van der Waals surface area contributed by atoms with Crippen LogP contribution in [0, 0.1) is 5.82 Å². The van der Waals surface area contributed by atoms with Crippen LogP contribution in [0.25, 0.3) is 11.1 Å². The molecule has 0 spiro atoms. The molecule has 19 heavy (non-hydrogen) atoms. The summed E-state index contributed by atoms with van der Waals surface area (Å²) in [6.07, 6.45) is 0. The molecule has 0 aromatic heterocycles. The Balaban J connectivity index is 2.24. The number of hydrogen-bond donors (Lipinski definition) is 1. The second kappa shape index (κ2) is 6.18. The van der Waals surface area contributed by atoms with E-state index in [0.717, 1.165) is 11.1 Å². The summed E-state index contributed by atoms with van der Waals surface area (Å²) in [6.45, 7) is 4.80. The van der Waals surface area contributed by atoms with Gasteiger partial charge in [-0.15, -0.1) is 0 Å². The number of hydrogen-bond acceptors (Lipinski definition) is 1. The van der Waals surface area contributed by atoms with Gasteiger partial charge in [-0.3, -0.25) is 0 Å². The van der Waals surface area contributed by atoms with Crippen LogP contribution in [0.15, 0.2) is 42.5 Å². The summed E-state index contributed by atoms with van der Waals surface area (Å²) in [5.41, 5.74) is 2.32. The van der Waals surface area contributed by atoms with Crippen molar-refractivity contribution in [3.05, 3.63) is 58.9 Å². The van der Waals surface area contributed by atoms with Crippen LogP contribution in [0.2, 0.25) is 5.02 Å². The van der Waals surface area contributed by atoms with Gasteiger partial charge in [-0.25, -0.2) is 4.39 Å². The van der Waals surface area contributed by atoms with Crippen LogP contribution >= 0.6 is 11.6 Å². The van der Waals surface area contributed by atoms with Crippen molar-refractivity contribution in [2.45, 2.75) is 26.4 Å². The van der Waals surface area contributed by atoms with Crippen molar-refractivity contribution < 1.29 is 4.39 Å². The second-order valence-corrected chi connectivity index (χ2v) is 5.30. The highest BCUT2D eigenvalue weighted by Gasteiger charge is 2.07. The van der Waals surface area contributed by atoms with Gasteiger partial charge in [-0.2, -0.15) is 0 Å². The highest BCUT2D eigenvalue weighted by Crippen LogP contribution is 2.26. The minimum Gasteiger partial charge on any atom is -0.310 e. The van der Waals surface area contributed by atoms with Crippen molar-refractivity contribution in [2.75, 3.05) is 0 Å². The molecule has 0 aliphatic rings.